The number of anilines is 1. The van der Waals surface area contributed by atoms with Crippen LogP contribution in [-0.4, -0.2) is 27.5 Å². The van der Waals surface area contributed by atoms with E-state index in [4.69, 9.17) is 16.7 Å². The molecule has 0 aromatic carbocycles. The minimum Gasteiger partial charge on any atom is -0.396 e. The van der Waals surface area contributed by atoms with E-state index in [0.717, 1.165) is 0 Å². The number of aromatic nitrogens is 2. The van der Waals surface area contributed by atoms with Crippen LogP contribution in [0.5, 0.6) is 0 Å². The van der Waals surface area contributed by atoms with Crippen LogP contribution in [0.2, 0.25) is 5.02 Å². The molecule has 0 aliphatic heterocycles. The summed E-state index contributed by atoms with van der Waals surface area (Å²) in [5.41, 5.74) is 0.206. The molecule has 0 saturated heterocycles. The second kappa shape index (κ2) is 6.02. The number of nitrogens with one attached hydrogen (secondary N) is 1. The van der Waals surface area contributed by atoms with Gasteiger partial charge in [0.25, 0.3) is 5.56 Å². The van der Waals surface area contributed by atoms with E-state index >= 15 is 0 Å². The summed E-state index contributed by atoms with van der Waals surface area (Å²) in [6.45, 7) is 5.72. The Morgan fingerprint density at radius 1 is 1.53 bits per heavy atom. The van der Waals surface area contributed by atoms with Gasteiger partial charge in [-0.15, -0.1) is 0 Å². The lowest BCUT2D eigenvalue weighted by Crippen LogP contribution is -2.27. The Balaban J connectivity index is 2.97. The summed E-state index contributed by atoms with van der Waals surface area (Å²) in [6.07, 6.45) is 2.13. The zero-order valence-electron chi connectivity index (χ0n) is 10.3. The first-order valence-corrected chi connectivity index (χ1v) is 5.99. The van der Waals surface area contributed by atoms with Crippen molar-refractivity contribution in [3.8, 4) is 0 Å². The van der Waals surface area contributed by atoms with Crippen molar-refractivity contribution >= 4 is 17.3 Å². The summed E-state index contributed by atoms with van der Waals surface area (Å²) in [6, 6.07) is 0.0116. The second-order valence-electron chi connectivity index (χ2n) is 4.27. The van der Waals surface area contributed by atoms with Crippen LogP contribution in [0.25, 0.3) is 0 Å². The van der Waals surface area contributed by atoms with E-state index in [-0.39, 0.29) is 29.3 Å². The van der Waals surface area contributed by atoms with E-state index in [1.807, 2.05) is 20.8 Å². The van der Waals surface area contributed by atoms with Crippen LogP contribution in [0, 0.1) is 0 Å². The average Bonchev–Trinajstić information content (AvgIpc) is 2.25. The molecule has 1 heterocycles. The minimum absolute atomic E-state index is 0.0242. The third kappa shape index (κ3) is 3.44. The molecular weight excluding hydrogens is 242 g/mol. The molecule has 0 spiro atoms. The minimum atomic E-state index is -0.303. The van der Waals surface area contributed by atoms with Crippen molar-refractivity contribution in [1.82, 2.24) is 9.78 Å². The first-order chi connectivity index (χ1) is 7.97. The average molecular weight is 260 g/mol. The number of hydrogen-bond donors (Lipinski definition) is 2. The van der Waals surface area contributed by atoms with E-state index in [2.05, 4.69) is 10.4 Å². The van der Waals surface area contributed by atoms with Gasteiger partial charge in [0.05, 0.1) is 17.9 Å². The molecule has 0 bridgehead atoms. The van der Waals surface area contributed by atoms with Gasteiger partial charge in [0.2, 0.25) is 0 Å². The van der Waals surface area contributed by atoms with Gasteiger partial charge in [-0.3, -0.25) is 4.79 Å². The second-order valence-corrected chi connectivity index (χ2v) is 4.65. The van der Waals surface area contributed by atoms with Crippen LogP contribution in [0.4, 0.5) is 5.69 Å². The quantitative estimate of drug-likeness (QED) is 0.844. The Morgan fingerprint density at radius 3 is 2.71 bits per heavy atom. The molecule has 17 heavy (non-hydrogen) atoms. The van der Waals surface area contributed by atoms with E-state index in [9.17, 15) is 4.79 Å². The third-order valence-electron chi connectivity index (χ3n) is 2.40. The van der Waals surface area contributed by atoms with Gasteiger partial charge in [-0.2, -0.15) is 5.10 Å². The standard InChI is InChI=1S/C11H18ClN3O2/c1-7(2)15-11(17)10(12)9(6-13-15)14-8(3)4-5-16/h6-8,14,16H,4-5H2,1-3H3. The largest absolute Gasteiger partial charge is 0.396 e. The van der Waals surface area contributed by atoms with Crippen molar-refractivity contribution in [2.45, 2.75) is 39.3 Å². The summed E-state index contributed by atoms with van der Waals surface area (Å²) < 4.78 is 1.34. The Kier molecular flexibility index (Phi) is 4.96. The van der Waals surface area contributed by atoms with Crippen molar-refractivity contribution in [3.05, 3.63) is 21.6 Å². The van der Waals surface area contributed by atoms with Gasteiger partial charge in [0.1, 0.15) is 5.02 Å². The fraction of sp³-hybridized carbons (Fsp3) is 0.636. The Morgan fingerprint density at radius 2 is 2.18 bits per heavy atom. The predicted octanol–water partition coefficient (Wildman–Crippen LogP) is 1.66. The number of nitrogens with zero attached hydrogens (tertiary/aromatic N) is 2. The van der Waals surface area contributed by atoms with Gasteiger partial charge in [-0.25, -0.2) is 4.68 Å². The molecule has 0 amide bonds. The molecule has 0 radical (unpaired) electrons. The molecule has 0 aliphatic carbocycles. The maximum atomic E-state index is 11.8. The van der Waals surface area contributed by atoms with Gasteiger partial charge in [-0.05, 0) is 27.2 Å². The molecule has 1 rings (SSSR count). The molecule has 0 saturated carbocycles. The molecular formula is C11H18ClN3O2. The molecule has 1 atom stereocenters. The molecule has 2 N–H and O–H groups in total. The van der Waals surface area contributed by atoms with Crippen LogP contribution in [0.15, 0.2) is 11.0 Å². The van der Waals surface area contributed by atoms with Crippen LogP contribution in [0.3, 0.4) is 0 Å². The number of hydrogen-bond acceptors (Lipinski definition) is 4. The Labute approximate surface area is 105 Å². The highest BCUT2D eigenvalue weighted by Gasteiger charge is 2.12. The van der Waals surface area contributed by atoms with Crippen molar-refractivity contribution in [3.63, 3.8) is 0 Å². The van der Waals surface area contributed by atoms with E-state index in [1.54, 1.807) is 0 Å². The first kappa shape index (κ1) is 14.0. The van der Waals surface area contributed by atoms with Crippen molar-refractivity contribution in [1.29, 1.82) is 0 Å². The lowest BCUT2D eigenvalue weighted by Gasteiger charge is -2.16. The highest BCUT2D eigenvalue weighted by Crippen LogP contribution is 2.17. The summed E-state index contributed by atoms with van der Waals surface area (Å²) in [4.78, 5) is 11.8. The van der Waals surface area contributed by atoms with Crippen molar-refractivity contribution in [2.75, 3.05) is 11.9 Å². The zero-order valence-corrected chi connectivity index (χ0v) is 11.0. The molecule has 1 aromatic rings. The fourth-order valence-corrected chi connectivity index (χ4v) is 1.63. The molecule has 96 valence electrons. The van der Waals surface area contributed by atoms with Crippen LogP contribution >= 0.6 is 11.6 Å². The SMILES string of the molecule is CC(CCO)Nc1cnn(C(C)C)c(=O)c1Cl. The summed E-state index contributed by atoms with van der Waals surface area (Å²) >= 11 is 5.99. The number of rotatable bonds is 5. The maximum absolute atomic E-state index is 11.8. The Bertz CT molecular complexity index is 431. The van der Waals surface area contributed by atoms with Gasteiger partial charge in [-0.1, -0.05) is 11.6 Å². The van der Waals surface area contributed by atoms with Crippen molar-refractivity contribution in [2.24, 2.45) is 0 Å². The number of halogens is 1. The first-order valence-electron chi connectivity index (χ1n) is 5.62. The topological polar surface area (TPSA) is 67.2 Å². The fourth-order valence-electron chi connectivity index (χ4n) is 1.44. The van der Waals surface area contributed by atoms with E-state index < -0.39 is 0 Å². The van der Waals surface area contributed by atoms with Gasteiger partial charge in [0.15, 0.2) is 0 Å². The van der Waals surface area contributed by atoms with Gasteiger partial charge < -0.3 is 10.4 Å². The molecule has 0 aliphatic rings. The molecule has 1 aromatic heterocycles. The molecule has 1 unspecified atom stereocenters. The normalized spacial score (nSPS) is 12.8. The monoisotopic (exact) mass is 259 g/mol. The lowest BCUT2D eigenvalue weighted by molar-refractivity contribution is 0.282. The highest BCUT2D eigenvalue weighted by atomic mass is 35.5. The Hall–Kier alpha value is -1.07. The van der Waals surface area contributed by atoms with Crippen molar-refractivity contribution < 1.29 is 5.11 Å². The summed E-state index contributed by atoms with van der Waals surface area (Å²) in [5, 5.41) is 16.0. The molecule has 6 heteroatoms. The smallest absolute Gasteiger partial charge is 0.287 e. The van der Waals surface area contributed by atoms with Gasteiger partial charge >= 0.3 is 0 Å². The molecule has 0 fully saturated rings. The third-order valence-corrected chi connectivity index (χ3v) is 2.76. The van der Waals surface area contributed by atoms with E-state index in [0.29, 0.717) is 12.1 Å². The van der Waals surface area contributed by atoms with Crippen LogP contribution < -0.4 is 10.9 Å². The maximum Gasteiger partial charge on any atom is 0.287 e. The summed E-state index contributed by atoms with van der Waals surface area (Å²) in [7, 11) is 0. The predicted molar refractivity (Wildman–Crippen MR) is 68.7 cm³/mol. The molecule has 5 nitrogen and oxygen atoms in total. The number of aliphatic hydroxyl groups is 1. The van der Waals surface area contributed by atoms with Crippen LogP contribution in [0.1, 0.15) is 33.2 Å². The number of aliphatic hydroxyl groups excluding tert-OH is 1. The highest BCUT2D eigenvalue weighted by molar-refractivity contribution is 6.32. The zero-order chi connectivity index (χ0) is 13.0. The van der Waals surface area contributed by atoms with Gasteiger partial charge in [0, 0.05) is 12.6 Å². The summed E-state index contributed by atoms with van der Waals surface area (Å²) in [5.74, 6) is 0. The van der Waals surface area contributed by atoms with E-state index in [1.165, 1.54) is 10.9 Å². The van der Waals surface area contributed by atoms with Crippen LogP contribution in [-0.2, 0) is 0 Å². The lowest BCUT2D eigenvalue weighted by atomic mass is 10.2.